The summed E-state index contributed by atoms with van der Waals surface area (Å²) in [4.78, 5) is 11.5. The topological polar surface area (TPSA) is 17.1 Å². The average molecular weight is 178 g/mol. The summed E-state index contributed by atoms with van der Waals surface area (Å²) in [6, 6.07) is 0. The molecule has 2 aliphatic carbocycles. The van der Waals surface area contributed by atoms with Crippen LogP contribution in [0.15, 0.2) is 11.1 Å². The van der Waals surface area contributed by atoms with Gasteiger partial charge in [0.2, 0.25) is 0 Å². The van der Waals surface area contributed by atoms with E-state index in [0.29, 0.717) is 17.6 Å². The lowest BCUT2D eigenvalue weighted by Gasteiger charge is -2.21. The van der Waals surface area contributed by atoms with Crippen molar-refractivity contribution in [3.05, 3.63) is 11.1 Å². The Bertz CT molecular complexity index is 273. The molecule has 1 fully saturated rings. The first-order valence-corrected chi connectivity index (χ1v) is 5.36. The zero-order valence-corrected chi connectivity index (χ0v) is 8.76. The number of ketones is 1. The highest BCUT2D eigenvalue weighted by Crippen LogP contribution is 2.50. The van der Waals surface area contributed by atoms with E-state index in [1.165, 1.54) is 30.4 Å². The maximum atomic E-state index is 11.5. The lowest BCUT2D eigenvalue weighted by atomic mass is 9.84. The fourth-order valence-corrected chi connectivity index (χ4v) is 3.25. The van der Waals surface area contributed by atoms with Gasteiger partial charge in [0.1, 0.15) is 0 Å². The molecule has 0 amide bonds. The van der Waals surface area contributed by atoms with Crippen LogP contribution in [0.1, 0.15) is 40.0 Å². The summed E-state index contributed by atoms with van der Waals surface area (Å²) >= 11 is 0. The summed E-state index contributed by atoms with van der Waals surface area (Å²) in [7, 11) is 0. The summed E-state index contributed by atoms with van der Waals surface area (Å²) in [6.45, 7) is 6.18. The highest BCUT2D eigenvalue weighted by atomic mass is 16.1. The van der Waals surface area contributed by atoms with Crippen LogP contribution in [0, 0.1) is 17.8 Å². The van der Waals surface area contributed by atoms with E-state index in [4.69, 9.17) is 0 Å². The van der Waals surface area contributed by atoms with Crippen LogP contribution in [0.3, 0.4) is 0 Å². The molecule has 0 aromatic rings. The molecular weight excluding hydrogens is 160 g/mol. The minimum Gasteiger partial charge on any atom is -0.295 e. The van der Waals surface area contributed by atoms with E-state index >= 15 is 0 Å². The number of hydrogen-bond donors (Lipinski definition) is 0. The number of allylic oxidation sites excluding steroid dienone is 2. The largest absolute Gasteiger partial charge is 0.295 e. The van der Waals surface area contributed by atoms with Gasteiger partial charge in [-0.1, -0.05) is 19.4 Å². The van der Waals surface area contributed by atoms with Gasteiger partial charge in [-0.25, -0.2) is 0 Å². The summed E-state index contributed by atoms with van der Waals surface area (Å²) < 4.78 is 0. The second kappa shape index (κ2) is 2.97. The minimum absolute atomic E-state index is 0.330. The lowest BCUT2D eigenvalue weighted by Crippen LogP contribution is -2.13. The van der Waals surface area contributed by atoms with Gasteiger partial charge in [-0.2, -0.15) is 0 Å². The van der Waals surface area contributed by atoms with Crippen molar-refractivity contribution in [2.45, 2.75) is 40.0 Å². The fraction of sp³-hybridized carbons (Fsp3) is 0.750. The molecule has 2 atom stereocenters. The van der Waals surface area contributed by atoms with Gasteiger partial charge in [0.15, 0.2) is 5.78 Å². The Labute approximate surface area is 80.2 Å². The molecule has 1 heteroatoms. The van der Waals surface area contributed by atoms with Crippen LogP contribution in [0.5, 0.6) is 0 Å². The third-order valence-electron chi connectivity index (χ3n) is 3.59. The van der Waals surface area contributed by atoms with Gasteiger partial charge >= 0.3 is 0 Å². The molecule has 0 aromatic carbocycles. The first-order valence-electron chi connectivity index (χ1n) is 5.36. The molecule has 0 radical (unpaired) electrons. The van der Waals surface area contributed by atoms with Gasteiger partial charge in [0, 0.05) is 0 Å². The van der Waals surface area contributed by atoms with E-state index in [1.54, 1.807) is 6.92 Å². The third kappa shape index (κ3) is 1.25. The van der Waals surface area contributed by atoms with Gasteiger partial charge < -0.3 is 0 Å². The molecule has 0 heterocycles. The van der Waals surface area contributed by atoms with Crippen molar-refractivity contribution in [3.8, 4) is 0 Å². The number of fused-ring (bicyclic) bond motifs is 2. The first-order chi connectivity index (χ1) is 6.11. The first kappa shape index (κ1) is 8.98. The highest BCUT2D eigenvalue weighted by molar-refractivity contribution is 5.95. The molecule has 1 saturated carbocycles. The van der Waals surface area contributed by atoms with Crippen LogP contribution in [0.4, 0.5) is 0 Å². The van der Waals surface area contributed by atoms with Crippen LogP contribution in [0.25, 0.3) is 0 Å². The molecule has 1 nitrogen and oxygen atoms in total. The van der Waals surface area contributed by atoms with Crippen LogP contribution in [-0.4, -0.2) is 5.78 Å². The summed E-state index contributed by atoms with van der Waals surface area (Å²) in [5.74, 6) is 2.29. The molecule has 0 spiro atoms. The van der Waals surface area contributed by atoms with Crippen LogP contribution < -0.4 is 0 Å². The Morgan fingerprint density at radius 1 is 1.31 bits per heavy atom. The van der Waals surface area contributed by atoms with Crippen LogP contribution in [0.2, 0.25) is 0 Å². The van der Waals surface area contributed by atoms with Gasteiger partial charge in [0.25, 0.3) is 0 Å². The van der Waals surface area contributed by atoms with Crippen molar-refractivity contribution in [1.29, 1.82) is 0 Å². The molecule has 2 aliphatic rings. The Kier molecular flexibility index (Phi) is 2.05. The second-order valence-electron chi connectivity index (χ2n) is 4.79. The molecule has 0 saturated heterocycles. The van der Waals surface area contributed by atoms with E-state index in [1.807, 2.05) is 0 Å². The molecular formula is C12H18O. The van der Waals surface area contributed by atoms with Crippen molar-refractivity contribution in [2.24, 2.45) is 17.8 Å². The maximum absolute atomic E-state index is 11.5. The van der Waals surface area contributed by atoms with Gasteiger partial charge in [-0.05, 0) is 49.5 Å². The smallest absolute Gasteiger partial charge is 0.156 e. The zero-order valence-electron chi connectivity index (χ0n) is 8.76. The zero-order chi connectivity index (χ0) is 9.59. The SMILES string of the molecule is CC(=O)C1=C(C(C)C)C2CCC1C2. The average Bonchev–Trinajstić information content (AvgIpc) is 2.60. The second-order valence-corrected chi connectivity index (χ2v) is 4.79. The van der Waals surface area contributed by atoms with E-state index < -0.39 is 0 Å². The van der Waals surface area contributed by atoms with E-state index in [9.17, 15) is 4.79 Å². The van der Waals surface area contributed by atoms with Crippen molar-refractivity contribution < 1.29 is 4.79 Å². The molecule has 2 rings (SSSR count). The Morgan fingerprint density at radius 3 is 2.38 bits per heavy atom. The number of Topliss-reactive ketones (excluding diaryl/α,β-unsaturated/α-hetero) is 1. The standard InChI is InChI=1S/C12H18O/c1-7(2)11-9-4-5-10(6-9)12(11)8(3)13/h7,9-10H,4-6H2,1-3H3. The van der Waals surface area contributed by atoms with Crippen LogP contribution >= 0.6 is 0 Å². The quantitative estimate of drug-likeness (QED) is 0.635. The fourth-order valence-electron chi connectivity index (χ4n) is 3.25. The third-order valence-corrected chi connectivity index (χ3v) is 3.59. The van der Waals surface area contributed by atoms with Gasteiger partial charge in [0.05, 0.1) is 0 Å². The van der Waals surface area contributed by atoms with Crippen molar-refractivity contribution in [1.82, 2.24) is 0 Å². The van der Waals surface area contributed by atoms with E-state index in [-0.39, 0.29) is 0 Å². The molecule has 2 bridgehead atoms. The molecule has 72 valence electrons. The highest BCUT2D eigenvalue weighted by Gasteiger charge is 2.41. The summed E-state index contributed by atoms with van der Waals surface area (Å²) in [5, 5.41) is 0. The summed E-state index contributed by atoms with van der Waals surface area (Å²) in [6.07, 6.45) is 3.85. The Morgan fingerprint density at radius 2 is 1.92 bits per heavy atom. The Hall–Kier alpha value is -0.590. The number of carbonyl (C=O) groups is 1. The van der Waals surface area contributed by atoms with E-state index in [2.05, 4.69) is 13.8 Å². The molecule has 0 aliphatic heterocycles. The predicted octanol–water partition coefficient (Wildman–Crippen LogP) is 2.96. The van der Waals surface area contributed by atoms with E-state index in [0.717, 1.165) is 5.92 Å². The predicted molar refractivity (Wildman–Crippen MR) is 53.4 cm³/mol. The lowest BCUT2D eigenvalue weighted by molar-refractivity contribution is -0.114. The molecule has 2 unspecified atom stereocenters. The number of carbonyl (C=O) groups excluding carboxylic acids is 1. The van der Waals surface area contributed by atoms with Gasteiger partial charge in [-0.3, -0.25) is 4.79 Å². The number of rotatable bonds is 2. The monoisotopic (exact) mass is 178 g/mol. The molecule has 13 heavy (non-hydrogen) atoms. The number of hydrogen-bond acceptors (Lipinski definition) is 1. The molecule has 0 N–H and O–H groups in total. The minimum atomic E-state index is 0.330. The Balaban J connectivity index is 2.40. The van der Waals surface area contributed by atoms with Gasteiger partial charge in [-0.15, -0.1) is 0 Å². The molecule has 0 aromatic heterocycles. The summed E-state index contributed by atoms with van der Waals surface area (Å²) in [5.41, 5.74) is 2.69. The maximum Gasteiger partial charge on any atom is 0.156 e. The van der Waals surface area contributed by atoms with Crippen molar-refractivity contribution >= 4 is 5.78 Å². The van der Waals surface area contributed by atoms with Crippen LogP contribution in [-0.2, 0) is 4.79 Å². The van der Waals surface area contributed by atoms with Crippen molar-refractivity contribution in [2.75, 3.05) is 0 Å². The van der Waals surface area contributed by atoms with Crippen molar-refractivity contribution in [3.63, 3.8) is 0 Å². The normalized spacial score (nSPS) is 32.0.